The zero-order valence-electron chi connectivity index (χ0n) is 16.7. The number of carbonyl (C=O) groups excluding carboxylic acids is 1. The van der Waals surface area contributed by atoms with Gasteiger partial charge in [0.25, 0.3) is 5.91 Å². The van der Waals surface area contributed by atoms with Crippen LogP contribution in [0.3, 0.4) is 0 Å². The molecule has 2 aromatic carbocycles. The first kappa shape index (κ1) is 20.7. The average molecular weight is 398 g/mol. The van der Waals surface area contributed by atoms with E-state index in [0.717, 1.165) is 25.2 Å². The van der Waals surface area contributed by atoms with E-state index in [2.05, 4.69) is 10.2 Å². The topological polar surface area (TPSA) is 88.1 Å². The van der Waals surface area contributed by atoms with Crippen LogP contribution >= 0.6 is 0 Å². The molecule has 0 radical (unpaired) electrons. The molecule has 1 saturated heterocycles. The van der Waals surface area contributed by atoms with E-state index in [1.807, 2.05) is 24.3 Å². The average Bonchev–Trinajstić information content (AvgIpc) is 2.73. The molecule has 2 aromatic rings. The Hall–Kier alpha value is -3.06. The number of aliphatic carboxylic acids is 1. The van der Waals surface area contributed by atoms with E-state index in [4.69, 9.17) is 14.6 Å². The van der Waals surface area contributed by atoms with Crippen molar-refractivity contribution in [3.05, 3.63) is 53.6 Å². The number of carboxylic acids is 1. The highest BCUT2D eigenvalue weighted by atomic mass is 16.5. The van der Waals surface area contributed by atoms with Crippen LogP contribution in [0.25, 0.3) is 0 Å². The molecule has 0 saturated carbocycles. The molecule has 1 aliphatic rings. The van der Waals surface area contributed by atoms with Crippen molar-refractivity contribution in [1.82, 2.24) is 4.90 Å². The fourth-order valence-corrected chi connectivity index (χ4v) is 3.52. The Bertz CT molecular complexity index is 875. The van der Waals surface area contributed by atoms with Gasteiger partial charge in [-0.25, -0.2) is 0 Å². The summed E-state index contributed by atoms with van der Waals surface area (Å²) < 4.78 is 10.5. The van der Waals surface area contributed by atoms with Crippen molar-refractivity contribution in [1.29, 1.82) is 0 Å². The second-order valence-electron chi connectivity index (χ2n) is 7.11. The number of nitrogens with zero attached hydrogens (tertiary/aromatic N) is 1. The quantitative estimate of drug-likeness (QED) is 0.744. The number of hydrogen-bond donors (Lipinski definition) is 2. The molecular formula is C22H26N2O5. The number of rotatable bonds is 7. The Morgan fingerprint density at radius 3 is 2.45 bits per heavy atom. The normalized spacial score (nSPS) is 15.0. The molecule has 0 aromatic heterocycles. The molecule has 1 aliphatic heterocycles. The van der Waals surface area contributed by atoms with Crippen LogP contribution in [0.15, 0.2) is 42.5 Å². The van der Waals surface area contributed by atoms with Crippen molar-refractivity contribution in [2.75, 3.05) is 32.6 Å². The highest BCUT2D eigenvalue weighted by Crippen LogP contribution is 2.28. The Morgan fingerprint density at radius 2 is 1.79 bits per heavy atom. The van der Waals surface area contributed by atoms with Gasteiger partial charge in [0.05, 0.1) is 20.1 Å². The minimum Gasteiger partial charge on any atom is -0.493 e. The van der Waals surface area contributed by atoms with Gasteiger partial charge in [-0.1, -0.05) is 12.1 Å². The van der Waals surface area contributed by atoms with Crippen molar-refractivity contribution >= 4 is 17.6 Å². The van der Waals surface area contributed by atoms with Gasteiger partial charge in [0.1, 0.15) is 0 Å². The minimum absolute atomic E-state index is 0.231. The summed E-state index contributed by atoms with van der Waals surface area (Å²) in [6.07, 6.45) is 1.34. The minimum atomic E-state index is -0.704. The number of nitrogens with one attached hydrogen (secondary N) is 1. The zero-order chi connectivity index (χ0) is 20.8. The Morgan fingerprint density at radius 1 is 1.07 bits per heavy atom. The second-order valence-corrected chi connectivity index (χ2v) is 7.11. The lowest BCUT2D eigenvalue weighted by Gasteiger charge is -2.30. The van der Waals surface area contributed by atoms with Gasteiger partial charge in [0.15, 0.2) is 11.5 Å². The number of carbonyl (C=O) groups is 2. The molecule has 3 rings (SSSR count). The van der Waals surface area contributed by atoms with E-state index in [9.17, 15) is 9.59 Å². The molecule has 154 valence electrons. The van der Waals surface area contributed by atoms with E-state index in [1.165, 1.54) is 7.11 Å². The van der Waals surface area contributed by atoms with Crippen LogP contribution in [-0.2, 0) is 11.3 Å². The summed E-state index contributed by atoms with van der Waals surface area (Å²) in [6.45, 7) is 2.25. The van der Waals surface area contributed by atoms with Gasteiger partial charge in [-0.15, -0.1) is 0 Å². The van der Waals surface area contributed by atoms with Crippen LogP contribution < -0.4 is 14.8 Å². The number of hydrogen-bond acceptors (Lipinski definition) is 5. The standard InChI is InChI=1S/C22H26N2O5/c1-28-19-7-6-17(13-20(19)29-2)21(25)23-18-5-3-4-15(12-18)14-24-10-8-16(9-11-24)22(26)27/h3-7,12-13,16H,8-11,14H2,1-2H3,(H,23,25)(H,26,27). The first-order valence-corrected chi connectivity index (χ1v) is 9.57. The molecule has 7 heteroatoms. The van der Waals surface area contributed by atoms with Crippen molar-refractivity contribution < 1.29 is 24.2 Å². The molecule has 7 nitrogen and oxygen atoms in total. The molecule has 2 N–H and O–H groups in total. The summed E-state index contributed by atoms with van der Waals surface area (Å²) in [6, 6.07) is 12.7. The van der Waals surface area contributed by atoms with Gasteiger partial charge in [0, 0.05) is 17.8 Å². The molecule has 0 atom stereocenters. The first-order chi connectivity index (χ1) is 14.0. The summed E-state index contributed by atoms with van der Waals surface area (Å²) in [5.41, 5.74) is 2.26. The van der Waals surface area contributed by atoms with Crippen LogP contribution in [0.5, 0.6) is 11.5 Å². The lowest BCUT2D eigenvalue weighted by molar-refractivity contribution is -0.143. The van der Waals surface area contributed by atoms with Crippen molar-refractivity contribution in [3.63, 3.8) is 0 Å². The maximum Gasteiger partial charge on any atom is 0.306 e. The molecule has 0 aliphatic carbocycles. The summed E-state index contributed by atoms with van der Waals surface area (Å²) in [4.78, 5) is 25.9. The third kappa shape index (κ3) is 5.26. The van der Waals surface area contributed by atoms with Crippen LogP contribution in [0.1, 0.15) is 28.8 Å². The highest BCUT2D eigenvalue weighted by molar-refractivity contribution is 6.04. The number of methoxy groups -OCH3 is 2. The van der Waals surface area contributed by atoms with Crippen molar-refractivity contribution in [2.24, 2.45) is 5.92 Å². The molecule has 0 unspecified atom stereocenters. The van der Waals surface area contributed by atoms with Crippen LogP contribution in [0.4, 0.5) is 5.69 Å². The molecule has 1 fully saturated rings. The number of carboxylic acid groups (broad SMARTS) is 1. The fraction of sp³-hybridized carbons (Fsp3) is 0.364. The molecule has 0 spiro atoms. The monoisotopic (exact) mass is 398 g/mol. The van der Waals surface area contributed by atoms with Gasteiger partial charge >= 0.3 is 5.97 Å². The summed E-state index contributed by atoms with van der Waals surface area (Å²) >= 11 is 0. The first-order valence-electron chi connectivity index (χ1n) is 9.57. The van der Waals surface area contributed by atoms with Gasteiger partial charge in [-0.2, -0.15) is 0 Å². The molecule has 29 heavy (non-hydrogen) atoms. The van der Waals surface area contributed by atoms with Crippen molar-refractivity contribution in [2.45, 2.75) is 19.4 Å². The summed E-state index contributed by atoms with van der Waals surface area (Å²) in [5.74, 6) is -0.107. The molecule has 1 amide bonds. The van der Waals surface area contributed by atoms with Crippen LogP contribution in [0, 0.1) is 5.92 Å². The Labute approximate surface area is 170 Å². The fourth-order valence-electron chi connectivity index (χ4n) is 3.52. The maximum absolute atomic E-state index is 12.6. The van der Waals surface area contributed by atoms with Gasteiger partial charge in [-0.05, 0) is 61.8 Å². The highest BCUT2D eigenvalue weighted by Gasteiger charge is 2.24. The lowest BCUT2D eigenvalue weighted by atomic mass is 9.97. The smallest absolute Gasteiger partial charge is 0.306 e. The van der Waals surface area contributed by atoms with Gasteiger partial charge in [-0.3, -0.25) is 14.5 Å². The zero-order valence-corrected chi connectivity index (χ0v) is 16.7. The Kier molecular flexibility index (Phi) is 6.72. The number of ether oxygens (including phenoxy) is 2. The summed E-state index contributed by atoms with van der Waals surface area (Å²) in [5, 5.41) is 12.0. The Balaban J connectivity index is 1.62. The van der Waals surface area contributed by atoms with Crippen LogP contribution in [0.2, 0.25) is 0 Å². The van der Waals surface area contributed by atoms with Crippen LogP contribution in [-0.4, -0.2) is 49.2 Å². The summed E-state index contributed by atoms with van der Waals surface area (Å²) in [7, 11) is 3.08. The van der Waals surface area contributed by atoms with E-state index in [0.29, 0.717) is 35.6 Å². The number of piperidine rings is 1. The third-order valence-electron chi connectivity index (χ3n) is 5.17. The number of likely N-dealkylation sites (tertiary alicyclic amines) is 1. The molecular weight excluding hydrogens is 372 g/mol. The van der Waals surface area contributed by atoms with E-state index < -0.39 is 5.97 Å². The number of benzene rings is 2. The largest absolute Gasteiger partial charge is 0.493 e. The van der Waals surface area contributed by atoms with Gasteiger partial charge < -0.3 is 19.9 Å². The predicted molar refractivity (Wildman–Crippen MR) is 110 cm³/mol. The van der Waals surface area contributed by atoms with Crippen molar-refractivity contribution in [3.8, 4) is 11.5 Å². The lowest BCUT2D eigenvalue weighted by Crippen LogP contribution is -2.35. The van der Waals surface area contributed by atoms with E-state index in [-0.39, 0.29) is 11.8 Å². The maximum atomic E-state index is 12.6. The van der Waals surface area contributed by atoms with E-state index >= 15 is 0 Å². The molecule has 0 bridgehead atoms. The van der Waals surface area contributed by atoms with Gasteiger partial charge in [0.2, 0.25) is 0 Å². The third-order valence-corrected chi connectivity index (χ3v) is 5.17. The second kappa shape index (κ2) is 9.43. The SMILES string of the molecule is COc1ccc(C(=O)Nc2cccc(CN3CCC(C(=O)O)CC3)c2)cc1OC. The van der Waals surface area contributed by atoms with E-state index in [1.54, 1.807) is 25.3 Å². The predicted octanol–water partition coefficient (Wildman–Crippen LogP) is 3.25. The number of anilines is 1. The molecule has 1 heterocycles. The number of amides is 1.